The van der Waals surface area contributed by atoms with E-state index in [1.165, 1.54) is 57.8 Å². The van der Waals surface area contributed by atoms with E-state index < -0.39 is 0 Å². The molecule has 0 spiro atoms. The van der Waals surface area contributed by atoms with Crippen molar-refractivity contribution in [2.75, 3.05) is 0 Å². The van der Waals surface area contributed by atoms with Crippen LogP contribution in [0.25, 0.3) is 0 Å². The summed E-state index contributed by atoms with van der Waals surface area (Å²) in [6.07, 6.45) is 12.6. The van der Waals surface area contributed by atoms with Crippen LogP contribution in [0, 0.1) is 0 Å². The summed E-state index contributed by atoms with van der Waals surface area (Å²) in [4.78, 5) is 2.77. The second kappa shape index (κ2) is 4.55. The zero-order chi connectivity index (χ0) is 11.9. The highest BCUT2D eigenvalue weighted by Gasteiger charge is 2.50. The van der Waals surface area contributed by atoms with E-state index in [4.69, 9.17) is 4.74 Å². The van der Waals surface area contributed by atoms with Crippen molar-refractivity contribution in [3.8, 4) is 0 Å². The summed E-state index contributed by atoms with van der Waals surface area (Å²) < 4.78 is 6.48. The van der Waals surface area contributed by atoms with Gasteiger partial charge in [-0.25, -0.2) is 0 Å². The van der Waals surface area contributed by atoms with Crippen molar-refractivity contribution in [2.45, 2.75) is 95.5 Å². The fourth-order valence-electron chi connectivity index (χ4n) is 4.58. The van der Waals surface area contributed by atoms with E-state index in [9.17, 15) is 0 Å². The Balaban J connectivity index is 1.81. The highest BCUT2D eigenvalue weighted by atomic mass is 16.5. The molecule has 0 bridgehead atoms. The van der Waals surface area contributed by atoms with Crippen LogP contribution in [-0.2, 0) is 4.74 Å². The van der Waals surface area contributed by atoms with Crippen molar-refractivity contribution < 1.29 is 4.74 Å². The lowest BCUT2D eigenvalue weighted by Gasteiger charge is -2.59. The number of ether oxygens (including phenoxy) is 1. The maximum atomic E-state index is 6.48. The molecule has 0 N–H and O–H groups in total. The first-order valence-corrected chi connectivity index (χ1v) is 7.69. The lowest BCUT2D eigenvalue weighted by Crippen LogP contribution is -2.66. The van der Waals surface area contributed by atoms with Crippen molar-refractivity contribution in [3.63, 3.8) is 0 Å². The summed E-state index contributed by atoms with van der Waals surface area (Å²) in [5.41, 5.74) is 0.0755. The molecule has 3 aliphatic rings. The first-order valence-electron chi connectivity index (χ1n) is 7.69. The predicted molar refractivity (Wildman–Crippen MR) is 69.9 cm³/mol. The summed E-state index contributed by atoms with van der Waals surface area (Å²) in [5.74, 6) is 0. The van der Waals surface area contributed by atoms with Gasteiger partial charge in [-0.1, -0.05) is 19.8 Å². The van der Waals surface area contributed by atoms with Crippen LogP contribution < -0.4 is 0 Å². The fourth-order valence-corrected chi connectivity index (χ4v) is 4.58. The molecule has 3 heterocycles. The number of nitrogens with zero attached hydrogens (tertiary/aromatic N) is 1. The summed E-state index contributed by atoms with van der Waals surface area (Å²) in [6, 6.07) is 1.65. The van der Waals surface area contributed by atoms with Gasteiger partial charge in [-0.3, -0.25) is 4.90 Å². The van der Waals surface area contributed by atoms with Gasteiger partial charge >= 0.3 is 0 Å². The molecule has 3 saturated heterocycles. The van der Waals surface area contributed by atoms with Crippen LogP contribution in [0.1, 0.15) is 71.6 Å². The van der Waals surface area contributed by atoms with Gasteiger partial charge in [0.2, 0.25) is 0 Å². The van der Waals surface area contributed by atoms with E-state index in [-0.39, 0.29) is 5.72 Å². The number of piperidine rings is 2. The third-order valence-electron chi connectivity index (χ3n) is 5.15. The number of hydrogen-bond donors (Lipinski definition) is 0. The van der Waals surface area contributed by atoms with Gasteiger partial charge in [0.25, 0.3) is 0 Å². The van der Waals surface area contributed by atoms with E-state index in [1.807, 2.05) is 0 Å². The smallest absolute Gasteiger partial charge is 0.119 e. The molecule has 0 aromatic heterocycles. The molecule has 0 saturated carbocycles. The van der Waals surface area contributed by atoms with Crippen LogP contribution in [0.5, 0.6) is 0 Å². The summed E-state index contributed by atoms with van der Waals surface area (Å²) in [6.45, 7) is 4.64. The fraction of sp³-hybridized carbons (Fsp3) is 1.00. The topological polar surface area (TPSA) is 12.5 Å². The Bertz CT molecular complexity index is 278. The average molecular weight is 237 g/mol. The zero-order valence-corrected chi connectivity index (χ0v) is 11.5. The predicted octanol–water partition coefficient (Wildman–Crippen LogP) is 3.70. The number of hydrogen-bond acceptors (Lipinski definition) is 2. The molecule has 0 aromatic carbocycles. The molecule has 3 rings (SSSR count). The molecule has 0 aliphatic carbocycles. The highest BCUT2D eigenvalue weighted by molar-refractivity contribution is 4.99. The van der Waals surface area contributed by atoms with E-state index in [2.05, 4.69) is 18.7 Å². The maximum absolute atomic E-state index is 6.48. The second-order valence-corrected chi connectivity index (χ2v) is 6.48. The van der Waals surface area contributed by atoms with E-state index >= 15 is 0 Å². The van der Waals surface area contributed by atoms with Gasteiger partial charge in [0, 0.05) is 12.1 Å². The van der Waals surface area contributed by atoms with Crippen LogP contribution >= 0.6 is 0 Å². The van der Waals surface area contributed by atoms with E-state index in [1.54, 1.807) is 0 Å². The van der Waals surface area contributed by atoms with Gasteiger partial charge < -0.3 is 4.74 Å². The second-order valence-electron chi connectivity index (χ2n) is 6.48. The summed E-state index contributed by atoms with van der Waals surface area (Å²) in [5, 5.41) is 0. The molecule has 0 radical (unpaired) electrons. The van der Waals surface area contributed by atoms with Gasteiger partial charge in [0.15, 0.2) is 0 Å². The molecule has 17 heavy (non-hydrogen) atoms. The summed E-state index contributed by atoms with van der Waals surface area (Å²) >= 11 is 0. The van der Waals surface area contributed by atoms with Crippen molar-refractivity contribution in [3.05, 3.63) is 0 Å². The molecule has 3 fully saturated rings. The minimum atomic E-state index is 0.0755. The monoisotopic (exact) mass is 237 g/mol. The Hall–Kier alpha value is -0.0800. The van der Waals surface area contributed by atoms with Gasteiger partial charge in [-0.05, 0) is 51.9 Å². The van der Waals surface area contributed by atoms with Crippen molar-refractivity contribution >= 4 is 0 Å². The van der Waals surface area contributed by atoms with E-state index in [0.717, 1.165) is 12.1 Å². The molecule has 0 amide bonds. The Labute approximate surface area is 106 Å². The van der Waals surface area contributed by atoms with Crippen molar-refractivity contribution in [1.82, 2.24) is 4.90 Å². The first kappa shape index (κ1) is 12.0. The molecule has 3 aliphatic heterocycles. The van der Waals surface area contributed by atoms with Crippen LogP contribution in [0.3, 0.4) is 0 Å². The minimum absolute atomic E-state index is 0.0755. The molecule has 4 atom stereocenters. The van der Waals surface area contributed by atoms with Crippen LogP contribution in [0.2, 0.25) is 0 Å². The quantitative estimate of drug-likeness (QED) is 0.726. The van der Waals surface area contributed by atoms with Crippen LogP contribution in [0.4, 0.5) is 0 Å². The van der Waals surface area contributed by atoms with Crippen molar-refractivity contribution in [1.29, 1.82) is 0 Å². The molecule has 98 valence electrons. The van der Waals surface area contributed by atoms with E-state index in [0.29, 0.717) is 6.10 Å². The molecule has 4 unspecified atom stereocenters. The largest absolute Gasteiger partial charge is 0.357 e. The molecule has 2 nitrogen and oxygen atoms in total. The third-order valence-corrected chi connectivity index (χ3v) is 5.15. The lowest BCUT2D eigenvalue weighted by atomic mass is 9.80. The average Bonchev–Trinajstić information content (AvgIpc) is 2.29. The summed E-state index contributed by atoms with van der Waals surface area (Å²) in [7, 11) is 0. The van der Waals surface area contributed by atoms with Gasteiger partial charge in [0.1, 0.15) is 5.72 Å². The molecular formula is C15H27NO. The molecule has 0 aromatic rings. The lowest BCUT2D eigenvalue weighted by molar-refractivity contribution is -0.268. The molecule has 2 heteroatoms. The first-order chi connectivity index (χ1) is 8.23. The SMILES string of the molecule is CCCC1CC2CCCC3CCCC(C)(O1)N32. The maximum Gasteiger partial charge on any atom is 0.119 e. The highest BCUT2D eigenvalue weighted by Crippen LogP contribution is 2.46. The van der Waals surface area contributed by atoms with Gasteiger partial charge in [0.05, 0.1) is 6.10 Å². The number of rotatable bonds is 2. The zero-order valence-electron chi connectivity index (χ0n) is 11.5. The minimum Gasteiger partial charge on any atom is -0.357 e. The van der Waals surface area contributed by atoms with Crippen LogP contribution in [-0.4, -0.2) is 28.8 Å². The Morgan fingerprint density at radius 1 is 1.18 bits per heavy atom. The molecular weight excluding hydrogens is 210 g/mol. The Morgan fingerprint density at radius 2 is 1.94 bits per heavy atom. The Kier molecular flexibility index (Phi) is 3.20. The normalized spacial score (nSPS) is 46.6. The third kappa shape index (κ3) is 2.04. The van der Waals surface area contributed by atoms with Gasteiger partial charge in [-0.15, -0.1) is 0 Å². The van der Waals surface area contributed by atoms with Crippen LogP contribution in [0.15, 0.2) is 0 Å². The van der Waals surface area contributed by atoms with Gasteiger partial charge in [-0.2, -0.15) is 0 Å². The Morgan fingerprint density at radius 3 is 2.76 bits per heavy atom. The standard InChI is InChI=1S/C15H27NO/c1-3-6-14-11-13-8-4-7-12-9-5-10-15(2,17-14)16(12)13/h12-14H,3-11H2,1-2H3. The van der Waals surface area contributed by atoms with Crippen molar-refractivity contribution in [2.24, 2.45) is 0 Å².